The SMILES string of the molecule is CCCCCc1ccc(C(=O)N[C@H]2N=C(c3ccccc3F)c3ccccc3N(C)C2=O)cc1. The van der Waals surface area contributed by atoms with Crippen LogP contribution in [0.15, 0.2) is 77.8 Å². The van der Waals surface area contributed by atoms with Crippen molar-refractivity contribution >= 4 is 23.2 Å². The lowest BCUT2D eigenvalue weighted by molar-refractivity contribution is -0.119. The van der Waals surface area contributed by atoms with Gasteiger partial charge in [0.25, 0.3) is 11.8 Å². The van der Waals surface area contributed by atoms with Gasteiger partial charge in [-0.25, -0.2) is 9.38 Å². The molecule has 0 fully saturated rings. The van der Waals surface area contributed by atoms with E-state index in [4.69, 9.17) is 0 Å². The summed E-state index contributed by atoms with van der Waals surface area (Å²) < 4.78 is 14.7. The van der Waals surface area contributed by atoms with Gasteiger partial charge in [-0.3, -0.25) is 9.59 Å². The van der Waals surface area contributed by atoms with E-state index in [2.05, 4.69) is 17.2 Å². The van der Waals surface area contributed by atoms with Gasteiger partial charge in [0.1, 0.15) is 5.82 Å². The molecule has 5 nitrogen and oxygen atoms in total. The van der Waals surface area contributed by atoms with Gasteiger partial charge in [-0.15, -0.1) is 0 Å². The number of unbranched alkanes of at least 4 members (excludes halogenated alkanes) is 2. The normalized spacial score (nSPS) is 15.4. The third-order valence-corrected chi connectivity index (χ3v) is 6.03. The molecule has 0 radical (unpaired) electrons. The second kappa shape index (κ2) is 10.4. The molecule has 0 unspecified atom stereocenters. The zero-order chi connectivity index (χ0) is 24.1. The molecule has 0 aliphatic carbocycles. The maximum atomic E-state index is 14.7. The first-order valence-electron chi connectivity index (χ1n) is 11.6. The van der Waals surface area contributed by atoms with Crippen molar-refractivity contribution in [2.24, 2.45) is 4.99 Å². The van der Waals surface area contributed by atoms with Crippen molar-refractivity contribution in [3.05, 3.63) is 101 Å². The van der Waals surface area contributed by atoms with E-state index in [0.29, 0.717) is 22.5 Å². The van der Waals surface area contributed by atoms with E-state index in [-0.39, 0.29) is 5.56 Å². The number of benzene rings is 3. The molecule has 34 heavy (non-hydrogen) atoms. The Kier molecular flexibility index (Phi) is 7.16. The van der Waals surface area contributed by atoms with Gasteiger partial charge in [-0.05, 0) is 48.7 Å². The Hall–Kier alpha value is -3.80. The third-order valence-electron chi connectivity index (χ3n) is 6.03. The van der Waals surface area contributed by atoms with Crippen LogP contribution in [0.4, 0.5) is 10.1 Å². The lowest BCUT2D eigenvalue weighted by Gasteiger charge is -2.21. The average molecular weight is 458 g/mol. The summed E-state index contributed by atoms with van der Waals surface area (Å²) in [7, 11) is 1.63. The number of anilines is 1. The number of nitrogens with one attached hydrogen (secondary N) is 1. The van der Waals surface area contributed by atoms with Crippen LogP contribution in [0.5, 0.6) is 0 Å². The number of nitrogens with zero attached hydrogens (tertiary/aromatic N) is 2. The highest BCUT2D eigenvalue weighted by atomic mass is 19.1. The predicted molar refractivity (Wildman–Crippen MR) is 133 cm³/mol. The topological polar surface area (TPSA) is 61.8 Å². The molecular weight excluding hydrogens is 429 g/mol. The van der Waals surface area contributed by atoms with Crippen LogP contribution in [0, 0.1) is 5.82 Å². The zero-order valence-electron chi connectivity index (χ0n) is 19.4. The Morgan fingerprint density at radius 3 is 2.35 bits per heavy atom. The number of hydrogen-bond acceptors (Lipinski definition) is 3. The molecule has 0 bridgehead atoms. The lowest BCUT2D eigenvalue weighted by atomic mass is 10.00. The minimum atomic E-state index is -1.19. The van der Waals surface area contributed by atoms with Crippen molar-refractivity contribution in [2.75, 3.05) is 11.9 Å². The van der Waals surface area contributed by atoms with Crippen LogP contribution in [-0.2, 0) is 11.2 Å². The van der Waals surface area contributed by atoms with Crippen molar-refractivity contribution in [3.63, 3.8) is 0 Å². The van der Waals surface area contributed by atoms with Gasteiger partial charge < -0.3 is 10.2 Å². The highest BCUT2D eigenvalue weighted by molar-refractivity contribution is 6.20. The molecule has 1 aliphatic rings. The first-order valence-corrected chi connectivity index (χ1v) is 11.6. The van der Waals surface area contributed by atoms with Crippen LogP contribution in [0.25, 0.3) is 0 Å². The van der Waals surface area contributed by atoms with Gasteiger partial charge in [0.05, 0.1) is 11.4 Å². The molecule has 174 valence electrons. The molecule has 6 heteroatoms. The van der Waals surface area contributed by atoms with Gasteiger partial charge >= 0.3 is 0 Å². The second-order valence-corrected chi connectivity index (χ2v) is 8.40. The maximum absolute atomic E-state index is 14.7. The summed E-state index contributed by atoms with van der Waals surface area (Å²) in [6.45, 7) is 2.16. The number of hydrogen-bond donors (Lipinski definition) is 1. The number of likely N-dealkylation sites (N-methyl/N-ethyl adjacent to an activating group) is 1. The van der Waals surface area contributed by atoms with E-state index >= 15 is 0 Å². The fraction of sp³-hybridized carbons (Fsp3) is 0.250. The number of benzodiazepines with no additional fused rings is 1. The van der Waals surface area contributed by atoms with Crippen molar-refractivity contribution in [2.45, 2.75) is 38.8 Å². The number of aliphatic imine (C=N–C) groups is 1. The molecule has 4 rings (SSSR count). The van der Waals surface area contributed by atoms with Crippen LogP contribution in [0.1, 0.15) is 53.2 Å². The predicted octanol–water partition coefficient (Wildman–Crippen LogP) is 5.13. The quantitative estimate of drug-likeness (QED) is 0.500. The number of halogens is 1. The third kappa shape index (κ3) is 4.91. The van der Waals surface area contributed by atoms with Crippen LogP contribution in [0.3, 0.4) is 0 Å². The molecule has 1 N–H and O–H groups in total. The maximum Gasteiger partial charge on any atom is 0.272 e. The molecule has 3 aromatic carbocycles. The molecular formula is C28H28FN3O2. The summed E-state index contributed by atoms with van der Waals surface area (Å²) in [5.74, 6) is -1.26. The Labute approximate surface area is 199 Å². The number of carbonyl (C=O) groups excluding carboxylic acids is 2. The summed E-state index contributed by atoms with van der Waals surface area (Å²) in [5, 5.41) is 2.74. The second-order valence-electron chi connectivity index (χ2n) is 8.40. The van der Waals surface area contributed by atoms with E-state index in [1.807, 2.05) is 24.3 Å². The Morgan fingerprint density at radius 1 is 0.971 bits per heavy atom. The molecule has 1 aliphatic heterocycles. The monoisotopic (exact) mass is 457 g/mol. The van der Waals surface area contributed by atoms with Gasteiger partial charge in [-0.1, -0.05) is 62.2 Å². The van der Waals surface area contributed by atoms with Crippen LogP contribution < -0.4 is 10.2 Å². The standard InChI is InChI=1S/C28H28FN3O2/c1-3-4-5-10-19-15-17-20(18-16-19)27(33)31-26-28(34)32(2)24-14-9-7-12-22(24)25(30-26)21-11-6-8-13-23(21)29/h6-9,11-18,26H,3-5,10H2,1-2H3,(H,31,33)/t26-/m1/s1. The fourth-order valence-corrected chi connectivity index (χ4v) is 4.09. The van der Waals surface area contributed by atoms with Crippen LogP contribution >= 0.6 is 0 Å². The van der Waals surface area contributed by atoms with E-state index < -0.39 is 23.8 Å². The average Bonchev–Trinajstić information content (AvgIpc) is 2.96. The van der Waals surface area contributed by atoms with Crippen LogP contribution in [-0.4, -0.2) is 30.7 Å². The minimum Gasteiger partial charge on any atom is -0.322 e. The van der Waals surface area contributed by atoms with E-state index in [1.165, 1.54) is 23.0 Å². The van der Waals surface area contributed by atoms with Gasteiger partial charge in [0.2, 0.25) is 6.17 Å². The molecule has 2 amide bonds. The van der Waals surface area contributed by atoms with Crippen molar-refractivity contribution in [1.82, 2.24) is 5.32 Å². The largest absolute Gasteiger partial charge is 0.322 e. The van der Waals surface area contributed by atoms with Gasteiger partial charge in [0.15, 0.2) is 0 Å². The summed E-state index contributed by atoms with van der Waals surface area (Å²) >= 11 is 0. The van der Waals surface area contributed by atoms with Gasteiger partial charge in [-0.2, -0.15) is 0 Å². The zero-order valence-corrected chi connectivity index (χ0v) is 19.4. The highest BCUT2D eigenvalue weighted by Gasteiger charge is 2.31. The molecule has 3 aromatic rings. The number of carbonyl (C=O) groups is 2. The number of amides is 2. The van der Waals surface area contributed by atoms with Crippen molar-refractivity contribution in [1.29, 1.82) is 0 Å². The number of aryl methyl sites for hydroxylation is 1. The molecule has 0 saturated carbocycles. The first-order chi connectivity index (χ1) is 16.5. The molecule has 1 atom stereocenters. The Bertz CT molecular complexity index is 1220. The highest BCUT2D eigenvalue weighted by Crippen LogP contribution is 2.28. The van der Waals surface area contributed by atoms with E-state index in [9.17, 15) is 14.0 Å². The number of rotatable bonds is 7. The fourth-order valence-electron chi connectivity index (χ4n) is 4.09. The Morgan fingerprint density at radius 2 is 1.65 bits per heavy atom. The molecule has 0 aromatic heterocycles. The summed E-state index contributed by atoms with van der Waals surface area (Å²) in [5.41, 5.74) is 3.43. The lowest BCUT2D eigenvalue weighted by Crippen LogP contribution is -2.46. The van der Waals surface area contributed by atoms with Gasteiger partial charge in [0, 0.05) is 23.7 Å². The van der Waals surface area contributed by atoms with Crippen molar-refractivity contribution < 1.29 is 14.0 Å². The van der Waals surface area contributed by atoms with Crippen molar-refractivity contribution in [3.8, 4) is 0 Å². The summed E-state index contributed by atoms with van der Waals surface area (Å²) in [6.07, 6.45) is 3.21. The summed E-state index contributed by atoms with van der Waals surface area (Å²) in [4.78, 5) is 32.3. The Balaban J connectivity index is 1.65. The molecule has 0 saturated heterocycles. The molecule has 1 heterocycles. The van der Waals surface area contributed by atoms with Crippen LogP contribution in [0.2, 0.25) is 0 Å². The smallest absolute Gasteiger partial charge is 0.272 e. The van der Waals surface area contributed by atoms with E-state index in [1.54, 1.807) is 49.5 Å². The number of fused-ring (bicyclic) bond motifs is 1. The first kappa shape index (κ1) is 23.4. The molecule has 0 spiro atoms. The number of para-hydroxylation sites is 1. The minimum absolute atomic E-state index is 0.272. The summed E-state index contributed by atoms with van der Waals surface area (Å²) in [6, 6.07) is 20.9. The van der Waals surface area contributed by atoms with E-state index in [0.717, 1.165) is 19.3 Å².